The number of nitrogens with one attached hydrogen (secondary N) is 1. The first-order valence-electron chi connectivity index (χ1n) is 7.11. The molecule has 0 spiro atoms. The molecule has 3 rings (SSSR count). The predicted molar refractivity (Wildman–Crippen MR) is 93.3 cm³/mol. The number of aryl methyl sites for hydroxylation is 1. The predicted octanol–water partition coefficient (Wildman–Crippen LogP) is 5.71. The van der Waals surface area contributed by atoms with E-state index in [1.807, 2.05) is 29.5 Å². The molecule has 0 saturated carbocycles. The second-order valence-corrected chi connectivity index (χ2v) is 6.77. The van der Waals surface area contributed by atoms with Gasteiger partial charge in [-0.05, 0) is 42.5 Å². The highest BCUT2D eigenvalue weighted by Gasteiger charge is 2.14. The van der Waals surface area contributed by atoms with Gasteiger partial charge in [-0.1, -0.05) is 48.0 Å². The molecule has 2 aromatic carbocycles. The summed E-state index contributed by atoms with van der Waals surface area (Å²) in [6.07, 6.45) is 0. The summed E-state index contributed by atoms with van der Waals surface area (Å²) < 4.78 is 1.36. The fraction of sp³-hybridized carbons (Fsp3) is 0.222. The zero-order chi connectivity index (χ0) is 14.8. The van der Waals surface area contributed by atoms with Crippen molar-refractivity contribution in [1.82, 2.24) is 5.32 Å². The first-order valence-corrected chi connectivity index (χ1v) is 8.31. The van der Waals surface area contributed by atoms with E-state index in [9.17, 15) is 0 Å². The van der Waals surface area contributed by atoms with Crippen molar-refractivity contribution < 1.29 is 0 Å². The molecule has 3 aromatic rings. The molecule has 21 heavy (non-hydrogen) atoms. The van der Waals surface area contributed by atoms with Crippen LogP contribution in [-0.2, 0) is 6.54 Å². The second-order valence-electron chi connectivity index (χ2n) is 5.28. The third-order valence-corrected chi connectivity index (χ3v) is 5.65. The van der Waals surface area contributed by atoms with Gasteiger partial charge in [0.25, 0.3) is 0 Å². The summed E-state index contributed by atoms with van der Waals surface area (Å²) in [7, 11) is 0. The molecule has 0 aliphatic rings. The van der Waals surface area contributed by atoms with Crippen molar-refractivity contribution in [3.8, 4) is 0 Å². The summed E-state index contributed by atoms with van der Waals surface area (Å²) in [5, 5.41) is 5.77. The van der Waals surface area contributed by atoms with Crippen LogP contribution in [0.15, 0.2) is 48.5 Å². The largest absolute Gasteiger partial charge is 0.305 e. The van der Waals surface area contributed by atoms with E-state index in [0.717, 1.165) is 17.1 Å². The Morgan fingerprint density at radius 1 is 1.10 bits per heavy atom. The summed E-state index contributed by atoms with van der Waals surface area (Å²) in [4.78, 5) is 1.41. The molecule has 108 valence electrons. The summed E-state index contributed by atoms with van der Waals surface area (Å²) >= 11 is 8.09. The summed E-state index contributed by atoms with van der Waals surface area (Å²) in [6.45, 7) is 5.21. The topological polar surface area (TPSA) is 12.0 Å². The van der Waals surface area contributed by atoms with Gasteiger partial charge in [0.2, 0.25) is 0 Å². The lowest BCUT2D eigenvalue weighted by atomic mass is 10.1. The normalized spacial score (nSPS) is 12.7. The van der Waals surface area contributed by atoms with E-state index in [1.54, 1.807) is 0 Å². The molecule has 0 aliphatic heterocycles. The molecular weight excluding hydrogens is 298 g/mol. The second kappa shape index (κ2) is 6.18. The van der Waals surface area contributed by atoms with E-state index in [1.165, 1.54) is 20.5 Å². The lowest BCUT2D eigenvalue weighted by Gasteiger charge is -2.14. The molecule has 0 saturated heterocycles. The number of hydrogen-bond donors (Lipinski definition) is 1. The highest BCUT2D eigenvalue weighted by atomic mass is 35.5. The Balaban J connectivity index is 1.80. The van der Waals surface area contributed by atoms with Crippen molar-refractivity contribution in [2.45, 2.75) is 26.4 Å². The van der Waals surface area contributed by atoms with Gasteiger partial charge >= 0.3 is 0 Å². The average Bonchev–Trinajstić information content (AvgIpc) is 2.84. The van der Waals surface area contributed by atoms with Crippen LogP contribution >= 0.6 is 22.9 Å². The van der Waals surface area contributed by atoms with Gasteiger partial charge in [0.05, 0.1) is 0 Å². The van der Waals surface area contributed by atoms with Crippen molar-refractivity contribution in [2.24, 2.45) is 0 Å². The van der Waals surface area contributed by atoms with Crippen LogP contribution in [-0.4, -0.2) is 0 Å². The van der Waals surface area contributed by atoms with Crippen LogP contribution in [0.3, 0.4) is 0 Å². The van der Waals surface area contributed by atoms with Crippen molar-refractivity contribution in [1.29, 1.82) is 0 Å². The minimum atomic E-state index is 0.318. The molecule has 1 heterocycles. The lowest BCUT2D eigenvalue weighted by Crippen LogP contribution is -2.18. The molecule has 0 bridgehead atoms. The van der Waals surface area contributed by atoms with E-state index < -0.39 is 0 Å². The highest BCUT2D eigenvalue weighted by Crippen LogP contribution is 2.34. The van der Waals surface area contributed by atoms with Crippen LogP contribution in [0.5, 0.6) is 0 Å². The van der Waals surface area contributed by atoms with Gasteiger partial charge in [0, 0.05) is 27.2 Å². The van der Waals surface area contributed by atoms with E-state index in [-0.39, 0.29) is 0 Å². The number of benzene rings is 2. The SMILES string of the molecule is Cc1c(C(C)NCc2ccccc2Cl)sc2ccccc12. The summed E-state index contributed by atoms with van der Waals surface area (Å²) in [6, 6.07) is 16.9. The molecule has 0 fully saturated rings. The van der Waals surface area contributed by atoms with Crippen molar-refractivity contribution in [2.75, 3.05) is 0 Å². The molecule has 1 nitrogen and oxygen atoms in total. The first kappa shape index (κ1) is 14.6. The molecule has 1 aromatic heterocycles. The van der Waals surface area contributed by atoms with Crippen LogP contribution in [0, 0.1) is 6.92 Å². The Kier molecular flexibility index (Phi) is 4.29. The van der Waals surface area contributed by atoms with Gasteiger partial charge in [0.15, 0.2) is 0 Å². The van der Waals surface area contributed by atoms with Gasteiger partial charge in [-0.2, -0.15) is 0 Å². The van der Waals surface area contributed by atoms with Crippen molar-refractivity contribution in [3.63, 3.8) is 0 Å². The van der Waals surface area contributed by atoms with Crippen molar-refractivity contribution in [3.05, 3.63) is 69.6 Å². The van der Waals surface area contributed by atoms with Crippen LogP contribution in [0.1, 0.15) is 29.0 Å². The molecule has 0 aliphatic carbocycles. The Bertz CT molecular complexity index is 763. The molecular formula is C18H18ClNS. The Labute approximate surface area is 134 Å². The van der Waals surface area contributed by atoms with Crippen LogP contribution in [0.25, 0.3) is 10.1 Å². The van der Waals surface area contributed by atoms with Gasteiger partial charge < -0.3 is 5.32 Å². The quantitative estimate of drug-likeness (QED) is 0.650. The maximum absolute atomic E-state index is 6.21. The molecule has 0 radical (unpaired) electrons. The molecule has 0 amide bonds. The molecule has 3 heteroatoms. The minimum absolute atomic E-state index is 0.318. The van der Waals surface area contributed by atoms with Gasteiger partial charge in [-0.3, -0.25) is 0 Å². The zero-order valence-electron chi connectivity index (χ0n) is 12.2. The lowest BCUT2D eigenvalue weighted by molar-refractivity contribution is 0.581. The standard InChI is InChI=1S/C18H18ClNS/c1-12-15-8-4-6-10-17(15)21-18(12)13(2)20-11-14-7-3-5-9-16(14)19/h3-10,13,20H,11H2,1-2H3. The average molecular weight is 316 g/mol. The van der Waals surface area contributed by atoms with E-state index in [2.05, 4.69) is 49.5 Å². The van der Waals surface area contributed by atoms with Crippen LogP contribution in [0.4, 0.5) is 0 Å². The Morgan fingerprint density at radius 3 is 2.57 bits per heavy atom. The first-order chi connectivity index (χ1) is 10.2. The monoisotopic (exact) mass is 315 g/mol. The maximum atomic E-state index is 6.21. The number of thiophene rings is 1. The van der Waals surface area contributed by atoms with Gasteiger partial charge in [-0.15, -0.1) is 11.3 Å². The van der Waals surface area contributed by atoms with Crippen molar-refractivity contribution >= 4 is 33.0 Å². The highest BCUT2D eigenvalue weighted by molar-refractivity contribution is 7.19. The minimum Gasteiger partial charge on any atom is -0.305 e. The fourth-order valence-corrected chi connectivity index (χ4v) is 4.04. The molecule has 1 unspecified atom stereocenters. The van der Waals surface area contributed by atoms with Crippen LogP contribution < -0.4 is 5.32 Å². The molecule has 1 N–H and O–H groups in total. The van der Waals surface area contributed by atoms with E-state index >= 15 is 0 Å². The van der Waals surface area contributed by atoms with E-state index in [4.69, 9.17) is 11.6 Å². The van der Waals surface area contributed by atoms with Gasteiger partial charge in [0.1, 0.15) is 0 Å². The Hall–Kier alpha value is -1.35. The Morgan fingerprint density at radius 2 is 1.81 bits per heavy atom. The summed E-state index contributed by atoms with van der Waals surface area (Å²) in [5.41, 5.74) is 2.53. The third kappa shape index (κ3) is 2.98. The summed E-state index contributed by atoms with van der Waals surface area (Å²) in [5.74, 6) is 0. The third-order valence-electron chi connectivity index (χ3n) is 3.83. The fourth-order valence-electron chi connectivity index (χ4n) is 2.60. The van der Waals surface area contributed by atoms with E-state index in [0.29, 0.717) is 6.04 Å². The van der Waals surface area contributed by atoms with Crippen LogP contribution in [0.2, 0.25) is 5.02 Å². The van der Waals surface area contributed by atoms with Gasteiger partial charge in [-0.25, -0.2) is 0 Å². The number of rotatable bonds is 4. The number of hydrogen-bond acceptors (Lipinski definition) is 2. The molecule has 1 atom stereocenters. The zero-order valence-corrected chi connectivity index (χ0v) is 13.8. The smallest absolute Gasteiger partial charge is 0.0450 e. The number of halogens is 1. The maximum Gasteiger partial charge on any atom is 0.0450 e. The number of fused-ring (bicyclic) bond motifs is 1.